The van der Waals surface area contributed by atoms with Gasteiger partial charge in [-0.3, -0.25) is 14.6 Å². The van der Waals surface area contributed by atoms with Crippen molar-refractivity contribution in [1.29, 1.82) is 0 Å². The molecule has 0 radical (unpaired) electrons. The Kier molecular flexibility index (Phi) is 6.30. The predicted octanol–water partition coefficient (Wildman–Crippen LogP) is 2.27. The third kappa shape index (κ3) is 5.02. The van der Waals surface area contributed by atoms with E-state index in [1.165, 1.54) is 17.9 Å². The van der Waals surface area contributed by atoms with Crippen molar-refractivity contribution in [2.75, 3.05) is 11.9 Å². The lowest BCUT2D eigenvalue weighted by Gasteiger charge is -2.20. The minimum Gasteiger partial charge on any atom is -0.425 e. The smallest absolute Gasteiger partial charge is 0.336 e. The molecule has 3 rings (SSSR count). The second kappa shape index (κ2) is 8.76. The molecule has 0 bridgehead atoms. The Labute approximate surface area is 181 Å². The normalized spacial score (nSPS) is 16.4. The fourth-order valence-electron chi connectivity index (χ4n) is 2.88. The summed E-state index contributed by atoms with van der Waals surface area (Å²) >= 11 is 0. The monoisotopic (exact) mass is 444 g/mol. The zero-order chi connectivity index (χ0) is 22.8. The number of ether oxygens (including phenoxy) is 1. The minimum atomic E-state index is -3.68. The lowest BCUT2D eigenvalue weighted by atomic mass is 10.2. The number of aliphatic imine (C=N–C) groups is 1. The van der Waals surface area contributed by atoms with Crippen molar-refractivity contribution in [3.63, 3.8) is 0 Å². The van der Waals surface area contributed by atoms with E-state index in [0.717, 1.165) is 0 Å². The van der Waals surface area contributed by atoms with Crippen molar-refractivity contribution >= 4 is 33.5 Å². The van der Waals surface area contributed by atoms with Gasteiger partial charge in [-0.05, 0) is 57.2 Å². The van der Waals surface area contributed by atoms with Gasteiger partial charge in [0.1, 0.15) is 17.6 Å². The van der Waals surface area contributed by atoms with Crippen molar-refractivity contribution in [1.82, 2.24) is 10.0 Å². The van der Waals surface area contributed by atoms with Gasteiger partial charge in [0.05, 0.1) is 4.90 Å². The van der Waals surface area contributed by atoms with Crippen molar-refractivity contribution < 1.29 is 22.7 Å². The Morgan fingerprint density at radius 3 is 2.35 bits per heavy atom. The van der Waals surface area contributed by atoms with Crippen LogP contribution in [0, 0.1) is 0 Å². The van der Waals surface area contributed by atoms with Crippen LogP contribution in [0.5, 0.6) is 5.75 Å². The average Bonchev–Trinajstić information content (AvgIpc) is 2.97. The molecule has 0 aliphatic carbocycles. The van der Waals surface area contributed by atoms with Gasteiger partial charge in [-0.1, -0.05) is 12.1 Å². The van der Waals surface area contributed by atoms with Gasteiger partial charge in [0.2, 0.25) is 0 Å². The number of amides is 2. The highest BCUT2D eigenvalue weighted by Crippen LogP contribution is 2.23. The number of amidine groups is 1. The summed E-state index contributed by atoms with van der Waals surface area (Å²) in [6.07, 6.45) is 0. The van der Waals surface area contributed by atoms with Crippen LogP contribution in [-0.4, -0.2) is 45.4 Å². The molecule has 2 aromatic rings. The first kappa shape index (κ1) is 22.3. The molecular formula is C21H24N4O5S. The van der Waals surface area contributed by atoms with Gasteiger partial charge < -0.3 is 10.1 Å². The summed E-state index contributed by atoms with van der Waals surface area (Å²) in [5, 5.41) is 2.79. The fourth-order valence-corrected chi connectivity index (χ4v) is 4.12. The number of benzene rings is 2. The van der Waals surface area contributed by atoms with Gasteiger partial charge in [-0.15, -0.1) is 0 Å². The molecule has 2 aromatic carbocycles. The largest absolute Gasteiger partial charge is 0.425 e. The summed E-state index contributed by atoms with van der Waals surface area (Å²) < 4.78 is 32.0. The van der Waals surface area contributed by atoms with Gasteiger partial charge in [-0.25, -0.2) is 18.0 Å². The second-order valence-electron chi connectivity index (χ2n) is 7.33. The van der Waals surface area contributed by atoms with Crippen LogP contribution in [0.3, 0.4) is 0 Å². The van der Waals surface area contributed by atoms with Crippen molar-refractivity contribution in [2.24, 2.45) is 4.99 Å². The molecule has 0 fully saturated rings. The first-order valence-electron chi connectivity index (χ1n) is 9.64. The molecule has 10 heteroatoms. The number of carbonyl (C=O) groups excluding carboxylic acids is 2. The Hall–Kier alpha value is -3.40. The number of anilines is 1. The lowest BCUT2D eigenvalue weighted by molar-refractivity contribution is -0.135. The zero-order valence-corrected chi connectivity index (χ0v) is 18.4. The van der Waals surface area contributed by atoms with Gasteiger partial charge >= 0.3 is 12.0 Å². The fraction of sp³-hybridized carbons (Fsp3) is 0.286. The Morgan fingerprint density at radius 2 is 1.71 bits per heavy atom. The molecule has 1 aliphatic heterocycles. The first-order valence-corrected chi connectivity index (χ1v) is 11.1. The van der Waals surface area contributed by atoms with Crippen LogP contribution in [0.2, 0.25) is 0 Å². The standard InChI is InChI=1S/C21H24N4O5S/c1-13(2)22-21(27)25(4)15-9-11-16(12-10-15)30-20(26)14(3)23-19-17-7-5-6-8-18(17)31(28,29)24-19/h5-14H,1-4H3,(H,22,27)(H,23,24)/t14-/m0/s1. The maximum atomic E-state index is 12.4. The molecule has 2 N–H and O–H groups in total. The van der Waals surface area contributed by atoms with Crippen molar-refractivity contribution in [2.45, 2.75) is 37.8 Å². The highest BCUT2D eigenvalue weighted by atomic mass is 32.2. The van der Waals surface area contributed by atoms with E-state index in [1.54, 1.807) is 49.5 Å². The molecule has 0 spiro atoms. The number of nitrogens with one attached hydrogen (secondary N) is 2. The van der Waals surface area contributed by atoms with Crippen LogP contribution in [0.1, 0.15) is 26.3 Å². The Balaban J connectivity index is 1.68. The van der Waals surface area contributed by atoms with E-state index in [1.807, 2.05) is 13.8 Å². The number of urea groups is 1. The summed E-state index contributed by atoms with van der Waals surface area (Å²) in [6.45, 7) is 5.25. The highest BCUT2D eigenvalue weighted by Gasteiger charge is 2.31. The molecule has 1 heterocycles. The van der Waals surface area contributed by atoms with Crippen LogP contribution >= 0.6 is 0 Å². The molecule has 9 nitrogen and oxygen atoms in total. The van der Waals surface area contributed by atoms with Gasteiger partial charge in [0, 0.05) is 24.3 Å². The van der Waals surface area contributed by atoms with Crippen molar-refractivity contribution in [3.8, 4) is 5.75 Å². The van der Waals surface area contributed by atoms with Crippen LogP contribution in [0.15, 0.2) is 58.4 Å². The molecule has 1 aliphatic rings. The van der Waals surface area contributed by atoms with E-state index >= 15 is 0 Å². The SMILES string of the molecule is CC(C)NC(=O)N(C)c1ccc(OC(=O)[C@H](C)N=C2NS(=O)(=O)c3ccccc32)cc1. The maximum absolute atomic E-state index is 12.4. The zero-order valence-electron chi connectivity index (χ0n) is 17.6. The van der Waals surface area contributed by atoms with Gasteiger partial charge in [0.15, 0.2) is 0 Å². The third-order valence-corrected chi connectivity index (χ3v) is 5.88. The number of hydrogen-bond donors (Lipinski definition) is 2. The number of esters is 1. The summed E-state index contributed by atoms with van der Waals surface area (Å²) in [4.78, 5) is 30.3. The molecule has 0 aromatic heterocycles. The van der Waals surface area contributed by atoms with Crippen LogP contribution < -0.4 is 19.7 Å². The highest BCUT2D eigenvalue weighted by molar-refractivity contribution is 7.90. The van der Waals surface area contributed by atoms with E-state index in [4.69, 9.17) is 4.74 Å². The molecule has 2 amide bonds. The molecule has 0 unspecified atom stereocenters. The van der Waals surface area contributed by atoms with Crippen molar-refractivity contribution in [3.05, 3.63) is 54.1 Å². The van der Waals surface area contributed by atoms with E-state index < -0.39 is 22.0 Å². The van der Waals surface area contributed by atoms with Gasteiger partial charge in [0.25, 0.3) is 10.0 Å². The Bertz CT molecular complexity index is 1130. The van der Waals surface area contributed by atoms with Crippen LogP contribution in [0.25, 0.3) is 0 Å². The maximum Gasteiger partial charge on any atom is 0.336 e. The summed E-state index contributed by atoms with van der Waals surface area (Å²) in [7, 11) is -2.05. The second-order valence-corrected chi connectivity index (χ2v) is 8.98. The molecule has 164 valence electrons. The number of hydrogen-bond acceptors (Lipinski definition) is 6. The van der Waals surface area contributed by atoms with E-state index in [0.29, 0.717) is 11.3 Å². The molecule has 0 saturated heterocycles. The molecule has 31 heavy (non-hydrogen) atoms. The van der Waals surface area contributed by atoms with E-state index in [9.17, 15) is 18.0 Å². The summed E-state index contributed by atoms with van der Waals surface area (Å²) in [5.41, 5.74) is 1.04. The average molecular weight is 445 g/mol. The quantitative estimate of drug-likeness (QED) is 0.542. The molecule has 1 atom stereocenters. The number of fused-ring (bicyclic) bond motifs is 1. The van der Waals surface area contributed by atoms with Crippen LogP contribution in [0.4, 0.5) is 10.5 Å². The van der Waals surface area contributed by atoms with E-state index in [2.05, 4.69) is 15.0 Å². The summed E-state index contributed by atoms with van der Waals surface area (Å²) in [5.74, 6) is -0.256. The molecule has 0 saturated carbocycles. The number of sulfonamides is 1. The number of nitrogens with zero attached hydrogens (tertiary/aromatic N) is 2. The van der Waals surface area contributed by atoms with Gasteiger partial charge in [-0.2, -0.15) is 0 Å². The molecular weight excluding hydrogens is 420 g/mol. The Morgan fingerprint density at radius 1 is 1.06 bits per heavy atom. The minimum absolute atomic E-state index is 0.00888. The number of carbonyl (C=O) groups is 2. The third-order valence-electron chi connectivity index (χ3n) is 4.49. The van der Waals surface area contributed by atoms with Crippen LogP contribution in [-0.2, 0) is 14.8 Å². The summed E-state index contributed by atoms with van der Waals surface area (Å²) in [6, 6.07) is 11.7. The number of rotatable bonds is 5. The lowest BCUT2D eigenvalue weighted by Crippen LogP contribution is -2.40. The first-order chi connectivity index (χ1) is 14.6. The predicted molar refractivity (Wildman–Crippen MR) is 117 cm³/mol. The topological polar surface area (TPSA) is 117 Å². The van der Waals surface area contributed by atoms with E-state index in [-0.39, 0.29) is 28.6 Å².